The van der Waals surface area contributed by atoms with Gasteiger partial charge < -0.3 is 5.32 Å². The summed E-state index contributed by atoms with van der Waals surface area (Å²) < 4.78 is 14.3. The highest BCUT2D eigenvalue weighted by atomic mass is 35.5. The molecule has 138 valence electrons. The van der Waals surface area contributed by atoms with Crippen molar-refractivity contribution in [2.24, 2.45) is 0 Å². The topological polar surface area (TPSA) is 93.8 Å². The number of pyridine rings is 3. The number of rotatable bonds is 4. The number of benzene rings is 1. The first kappa shape index (κ1) is 17.7. The van der Waals surface area contributed by atoms with E-state index in [2.05, 4.69) is 20.3 Å². The average Bonchev–Trinajstić information content (AvgIpc) is 2.70. The smallest absolute Gasteiger partial charge is 0.310 e. The van der Waals surface area contributed by atoms with E-state index in [0.29, 0.717) is 27.4 Å². The summed E-state index contributed by atoms with van der Waals surface area (Å²) in [5.41, 5.74) is 1.40. The highest BCUT2D eigenvalue weighted by molar-refractivity contribution is 6.30. The number of nitrogens with one attached hydrogen (secondary N) is 1. The summed E-state index contributed by atoms with van der Waals surface area (Å²) in [6.45, 7) is 0. The van der Waals surface area contributed by atoms with Crippen molar-refractivity contribution in [3.8, 4) is 11.3 Å². The monoisotopic (exact) mass is 395 g/mol. The van der Waals surface area contributed by atoms with E-state index in [1.54, 1.807) is 24.4 Å². The summed E-state index contributed by atoms with van der Waals surface area (Å²) in [6.07, 6.45) is 4.15. The molecule has 9 heteroatoms. The van der Waals surface area contributed by atoms with Crippen LogP contribution in [0.15, 0.2) is 61.1 Å². The standard InChI is InChI=1S/C19H11ClFN5O2/c20-11-3-4-14(21)13(8-11)17-9-16(12-2-1-6-23-19(12)25-17)24-15-5-7-22-10-18(15)26(27)28/h1-10H,(H,22,23,24,25). The lowest BCUT2D eigenvalue weighted by Crippen LogP contribution is -2.00. The number of nitrogens with zero attached hydrogens (tertiary/aromatic N) is 4. The molecule has 4 rings (SSSR count). The van der Waals surface area contributed by atoms with Crippen LogP contribution in [-0.4, -0.2) is 19.9 Å². The molecule has 0 amide bonds. The van der Waals surface area contributed by atoms with Crippen LogP contribution in [0, 0.1) is 15.9 Å². The molecule has 0 saturated heterocycles. The molecule has 3 heterocycles. The molecule has 0 aliphatic carbocycles. The van der Waals surface area contributed by atoms with Gasteiger partial charge in [0.2, 0.25) is 0 Å². The second-order valence-electron chi connectivity index (χ2n) is 5.83. The maximum absolute atomic E-state index is 14.3. The first-order chi connectivity index (χ1) is 13.5. The van der Waals surface area contributed by atoms with Gasteiger partial charge in [-0.1, -0.05) is 11.6 Å². The predicted octanol–water partition coefficient (Wildman–Crippen LogP) is 5.14. The molecule has 28 heavy (non-hydrogen) atoms. The SMILES string of the molecule is O=[N+]([O-])c1cnccc1Nc1cc(-c2cc(Cl)ccc2F)nc2ncccc12. The normalized spacial score (nSPS) is 10.8. The van der Waals surface area contributed by atoms with E-state index < -0.39 is 10.7 Å². The molecule has 1 aromatic carbocycles. The Balaban J connectivity index is 1.91. The van der Waals surface area contributed by atoms with Crippen molar-refractivity contribution in [1.29, 1.82) is 0 Å². The van der Waals surface area contributed by atoms with Gasteiger partial charge in [-0.2, -0.15) is 0 Å². The minimum Gasteiger partial charge on any atom is -0.349 e. The molecule has 0 spiro atoms. The van der Waals surface area contributed by atoms with Gasteiger partial charge in [-0.3, -0.25) is 15.1 Å². The lowest BCUT2D eigenvalue weighted by atomic mass is 10.1. The molecule has 3 aromatic heterocycles. The van der Waals surface area contributed by atoms with Crippen molar-refractivity contribution in [3.05, 3.63) is 82.0 Å². The fraction of sp³-hybridized carbons (Fsp3) is 0. The molecule has 0 radical (unpaired) electrons. The molecular weight excluding hydrogens is 385 g/mol. The van der Waals surface area contributed by atoms with E-state index in [4.69, 9.17) is 11.6 Å². The third-order valence-electron chi connectivity index (χ3n) is 4.05. The van der Waals surface area contributed by atoms with Gasteiger partial charge in [0.1, 0.15) is 17.7 Å². The van der Waals surface area contributed by atoms with E-state index in [1.807, 2.05) is 0 Å². The van der Waals surface area contributed by atoms with Crippen LogP contribution in [0.5, 0.6) is 0 Å². The number of hydrogen-bond acceptors (Lipinski definition) is 6. The van der Waals surface area contributed by atoms with Gasteiger partial charge in [-0.05, 0) is 42.5 Å². The average molecular weight is 396 g/mol. The maximum atomic E-state index is 14.3. The van der Waals surface area contributed by atoms with Crippen molar-refractivity contribution in [3.63, 3.8) is 0 Å². The number of hydrogen-bond donors (Lipinski definition) is 1. The zero-order chi connectivity index (χ0) is 19.7. The summed E-state index contributed by atoms with van der Waals surface area (Å²) in [7, 11) is 0. The van der Waals surface area contributed by atoms with Crippen molar-refractivity contribution < 1.29 is 9.31 Å². The summed E-state index contributed by atoms with van der Waals surface area (Å²) in [6, 6.07) is 10.7. The van der Waals surface area contributed by atoms with Crippen LogP contribution in [-0.2, 0) is 0 Å². The Kier molecular flexibility index (Phi) is 4.54. The van der Waals surface area contributed by atoms with E-state index in [9.17, 15) is 14.5 Å². The Hall–Kier alpha value is -3.65. The van der Waals surface area contributed by atoms with Crippen molar-refractivity contribution in [2.45, 2.75) is 0 Å². The molecule has 4 aromatic rings. The Labute approximate surface area is 163 Å². The molecule has 0 aliphatic heterocycles. The molecule has 0 fully saturated rings. The number of anilines is 2. The predicted molar refractivity (Wildman–Crippen MR) is 104 cm³/mol. The molecule has 0 atom stereocenters. The van der Waals surface area contributed by atoms with Crippen molar-refractivity contribution in [2.75, 3.05) is 5.32 Å². The molecule has 1 N–H and O–H groups in total. The first-order valence-corrected chi connectivity index (χ1v) is 8.47. The lowest BCUT2D eigenvalue weighted by molar-refractivity contribution is -0.384. The van der Waals surface area contributed by atoms with Gasteiger partial charge in [-0.25, -0.2) is 14.4 Å². The zero-order valence-corrected chi connectivity index (χ0v) is 14.9. The van der Waals surface area contributed by atoms with Crippen LogP contribution in [0.25, 0.3) is 22.3 Å². The Morgan fingerprint density at radius 3 is 2.79 bits per heavy atom. The van der Waals surface area contributed by atoms with Crippen molar-refractivity contribution in [1.82, 2.24) is 15.0 Å². The number of aromatic nitrogens is 3. The Morgan fingerprint density at radius 1 is 1.11 bits per heavy atom. The first-order valence-electron chi connectivity index (χ1n) is 8.09. The summed E-state index contributed by atoms with van der Waals surface area (Å²) >= 11 is 6.00. The third kappa shape index (κ3) is 3.33. The largest absolute Gasteiger partial charge is 0.349 e. The van der Waals surface area contributed by atoms with Crippen LogP contribution in [0.1, 0.15) is 0 Å². The molecule has 0 aliphatic rings. The van der Waals surface area contributed by atoms with E-state index >= 15 is 0 Å². The van der Waals surface area contributed by atoms with Gasteiger partial charge in [0, 0.05) is 28.4 Å². The van der Waals surface area contributed by atoms with Gasteiger partial charge in [-0.15, -0.1) is 0 Å². The van der Waals surface area contributed by atoms with E-state index in [1.165, 1.54) is 30.5 Å². The fourth-order valence-corrected chi connectivity index (χ4v) is 2.95. The quantitative estimate of drug-likeness (QED) is 0.380. The maximum Gasteiger partial charge on any atom is 0.310 e. The van der Waals surface area contributed by atoms with Crippen LogP contribution < -0.4 is 5.32 Å². The zero-order valence-electron chi connectivity index (χ0n) is 14.1. The molecule has 0 saturated carbocycles. The molecule has 7 nitrogen and oxygen atoms in total. The number of halogens is 2. The van der Waals surface area contributed by atoms with Gasteiger partial charge in [0.15, 0.2) is 5.65 Å². The van der Waals surface area contributed by atoms with Gasteiger partial charge in [0.05, 0.1) is 16.3 Å². The van der Waals surface area contributed by atoms with Gasteiger partial charge in [0.25, 0.3) is 0 Å². The minimum atomic E-state index is -0.533. The highest BCUT2D eigenvalue weighted by Crippen LogP contribution is 2.34. The molecule has 0 bridgehead atoms. The number of fused-ring (bicyclic) bond motifs is 1. The summed E-state index contributed by atoms with van der Waals surface area (Å²) in [4.78, 5) is 23.2. The summed E-state index contributed by atoms with van der Waals surface area (Å²) in [5, 5.41) is 15.3. The minimum absolute atomic E-state index is 0.188. The van der Waals surface area contributed by atoms with Crippen molar-refractivity contribution >= 4 is 39.7 Å². The van der Waals surface area contributed by atoms with Crippen LogP contribution in [0.3, 0.4) is 0 Å². The Morgan fingerprint density at radius 2 is 1.96 bits per heavy atom. The third-order valence-corrected chi connectivity index (χ3v) is 4.29. The van der Waals surface area contributed by atoms with Crippen LogP contribution in [0.4, 0.5) is 21.5 Å². The second-order valence-corrected chi connectivity index (χ2v) is 6.27. The summed E-state index contributed by atoms with van der Waals surface area (Å²) in [5.74, 6) is -0.493. The van der Waals surface area contributed by atoms with Crippen LogP contribution in [0.2, 0.25) is 5.02 Å². The fourth-order valence-electron chi connectivity index (χ4n) is 2.77. The second kappa shape index (κ2) is 7.16. The highest BCUT2D eigenvalue weighted by Gasteiger charge is 2.17. The van der Waals surface area contributed by atoms with E-state index in [0.717, 1.165) is 6.20 Å². The lowest BCUT2D eigenvalue weighted by Gasteiger charge is -2.12. The van der Waals surface area contributed by atoms with Crippen LogP contribution >= 0.6 is 11.6 Å². The Bertz CT molecular complexity index is 1220. The number of nitro groups is 1. The molecular formula is C19H11ClFN5O2. The molecule has 0 unspecified atom stereocenters. The van der Waals surface area contributed by atoms with Gasteiger partial charge >= 0.3 is 5.69 Å². The van der Waals surface area contributed by atoms with E-state index in [-0.39, 0.29) is 16.9 Å².